The van der Waals surface area contributed by atoms with E-state index in [1.807, 2.05) is 6.92 Å². The first-order chi connectivity index (χ1) is 6.23. The van der Waals surface area contributed by atoms with Crippen LogP contribution in [0.1, 0.15) is 33.6 Å². The highest BCUT2D eigenvalue weighted by Gasteiger charge is 2.40. The summed E-state index contributed by atoms with van der Waals surface area (Å²) in [6, 6.07) is 0. The lowest BCUT2D eigenvalue weighted by Gasteiger charge is -2.19. The fraction of sp³-hybridized carbons (Fsp3) is 0.875. The zero-order chi connectivity index (χ0) is 11.4. The molecule has 4 nitrogen and oxygen atoms in total. The third-order valence-electron chi connectivity index (χ3n) is 1.97. The summed E-state index contributed by atoms with van der Waals surface area (Å²) in [6.45, 7) is 5.04. The minimum Gasteiger partial charge on any atom is -0.355 e. The Balaban J connectivity index is 4.39. The van der Waals surface area contributed by atoms with Gasteiger partial charge in [-0.15, -0.1) is 0 Å². The van der Waals surface area contributed by atoms with Crippen molar-refractivity contribution in [2.24, 2.45) is 0 Å². The second-order valence-electron chi connectivity index (χ2n) is 3.56. The molecular formula is C8H16ClNO3S. The molecule has 0 heterocycles. The number of hydrogen-bond acceptors (Lipinski definition) is 3. The van der Waals surface area contributed by atoms with Gasteiger partial charge in [0.25, 0.3) is 0 Å². The van der Waals surface area contributed by atoms with Crippen LogP contribution in [0.5, 0.6) is 0 Å². The summed E-state index contributed by atoms with van der Waals surface area (Å²) in [5.41, 5.74) is 0. The Morgan fingerprint density at radius 1 is 1.43 bits per heavy atom. The predicted molar refractivity (Wildman–Crippen MR) is 56.8 cm³/mol. The van der Waals surface area contributed by atoms with E-state index in [0.29, 0.717) is 6.54 Å². The monoisotopic (exact) mass is 241 g/mol. The van der Waals surface area contributed by atoms with Gasteiger partial charge in [-0.25, -0.2) is 8.42 Å². The molecule has 84 valence electrons. The van der Waals surface area contributed by atoms with Gasteiger partial charge in [0.05, 0.1) is 0 Å². The largest absolute Gasteiger partial charge is 0.355 e. The van der Waals surface area contributed by atoms with Crippen LogP contribution in [0.25, 0.3) is 0 Å². The lowest BCUT2D eigenvalue weighted by atomic mass is 10.2. The Bertz CT molecular complexity index is 298. The van der Waals surface area contributed by atoms with Crippen molar-refractivity contribution in [3.8, 4) is 0 Å². The van der Waals surface area contributed by atoms with Gasteiger partial charge < -0.3 is 5.32 Å². The van der Waals surface area contributed by atoms with E-state index in [1.54, 1.807) is 0 Å². The standard InChI is InChI=1S/C8H16ClNO3S/c1-4-5-6-10-7(11)8(2,3)14(9,12)13/h4-6H2,1-3H3,(H,10,11). The van der Waals surface area contributed by atoms with E-state index >= 15 is 0 Å². The Morgan fingerprint density at radius 2 is 1.93 bits per heavy atom. The molecule has 0 aromatic heterocycles. The lowest BCUT2D eigenvalue weighted by molar-refractivity contribution is -0.122. The van der Waals surface area contributed by atoms with Crippen molar-refractivity contribution in [2.75, 3.05) is 6.54 Å². The quantitative estimate of drug-likeness (QED) is 0.582. The van der Waals surface area contributed by atoms with Crippen molar-refractivity contribution in [1.82, 2.24) is 5.32 Å². The van der Waals surface area contributed by atoms with Crippen LogP contribution in [-0.2, 0) is 13.8 Å². The fourth-order valence-electron chi connectivity index (χ4n) is 0.702. The van der Waals surface area contributed by atoms with Crippen LogP contribution >= 0.6 is 10.7 Å². The normalized spacial score (nSPS) is 12.6. The third-order valence-corrected chi connectivity index (χ3v) is 4.53. The summed E-state index contributed by atoms with van der Waals surface area (Å²) >= 11 is 0. The van der Waals surface area contributed by atoms with Gasteiger partial charge >= 0.3 is 0 Å². The van der Waals surface area contributed by atoms with E-state index in [0.717, 1.165) is 12.8 Å². The number of nitrogens with one attached hydrogen (secondary N) is 1. The molecule has 0 radical (unpaired) electrons. The van der Waals surface area contributed by atoms with Crippen LogP contribution in [0.15, 0.2) is 0 Å². The molecule has 0 aliphatic rings. The van der Waals surface area contributed by atoms with Crippen molar-refractivity contribution < 1.29 is 13.2 Å². The van der Waals surface area contributed by atoms with Gasteiger partial charge in [-0.2, -0.15) is 0 Å². The molecule has 14 heavy (non-hydrogen) atoms. The Hall–Kier alpha value is -0.290. The number of hydrogen-bond donors (Lipinski definition) is 1. The van der Waals surface area contributed by atoms with Crippen LogP contribution in [0.3, 0.4) is 0 Å². The molecule has 0 saturated carbocycles. The topological polar surface area (TPSA) is 63.2 Å². The van der Waals surface area contributed by atoms with E-state index in [-0.39, 0.29) is 0 Å². The molecule has 6 heteroatoms. The minimum atomic E-state index is -3.88. The summed E-state index contributed by atoms with van der Waals surface area (Å²) in [7, 11) is 1.27. The number of halogens is 1. The maximum absolute atomic E-state index is 11.4. The number of rotatable bonds is 5. The van der Waals surface area contributed by atoms with Gasteiger partial charge in [0, 0.05) is 17.2 Å². The maximum Gasteiger partial charge on any atom is 0.246 e. The molecular weight excluding hydrogens is 226 g/mol. The van der Waals surface area contributed by atoms with Gasteiger partial charge in [-0.1, -0.05) is 13.3 Å². The maximum atomic E-state index is 11.4. The molecule has 0 rings (SSSR count). The van der Waals surface area contributed by atoms with Crippen molar-refractivity contribution >= 4 is 25.6 Å². The van der Waals surface area contributed by atoms with Gasteiger partial charge in [0.15, 0.2) is 4.75 Å². The second-order valence-corrected chi connectivity index (χ2v) is 6.67. The smallest absolute Gasteiger partial charge is 0.246 e. The fourth-order valence-corrected chi connectivity index (χ4v) is 1.21. The summed E-state index contributed by atoms with van der Waals surface area (Å²) < 4.78 is 20.5. The highest BCUT2D eigenvalue weighted by molar-refractivity contribution is 8.15. The SMILES string of the molecule is CCCCNC(=O)C(C)(C)S(=O)(=O)Cl. The van der Waals surface area contributed by atoms with Gasteiger partial charge in [-0.3, -0.25) is 4.79 Å². The molecule has 0 atom stereocenters. The molecule has 0 aliphatic heterocycles. The lowest BCUT2D eigenvalue weighted by Crippen LogP contribution is -2.46. The van der Waals surface area contributed by atoms with E-state index in [1.165, 1.54) is 13.8 Å². The second kappa shape index (κ2) is 4.98. The van der Waals surface area contributed by atoms with Crippen molar-refractivity contribution in [2.45, 2.75) is 38.4 Å². The highest BCUT2D eigenvalue weighted by atomic mass is 35.7. The Morgan fingerprint density at radius 3 is 2.29 bits per heavy atom. The van der Waals surface area contributed by atoms with Gasteiger partial charge in [0.2, 0.25) is 15.0 Å². The van der Waals surface area contributed by atoms with Crippen LogP contribution in [-0.4, -0.2) is 25.6 Å². The molecule has 1 N–H and O–H groups in total. The molecule has 0 bridgehead atoms. The van der Waals surface area contributed by atoms with Crippen LogP contribution in [0, 0.1) is 0 Å². The van der Waals surface area contributed by atoms with Gasteiger partial charge in [0.1, 0.15) is 0 Å². The van der Waals surface area contributed by atoms with E-state index in [2.05, 4.69) is 5.32 Å². The molecule has 0 saturated heterocycles. The van der Waals surface area contributed by atoms with Crippen LogP contribution in [0.4, 0.5) is 0 Å². The van der Waals surface area contributed by atoms with Crippen LogP contribution in [0.2, 0.25) is 0 Å². The average Bonchev–Trinajstić information content (AvgIpc) is 2.02. The molecule has 0 aromatic carbocycles. The third kappa shape index (κ3) is 3.46. The summed E-state index contributed by atoms with van der Waals surface area (Å²) in [5.74, 6) is -0.555. The first-order valence-electron chi connectivity index (χ1n) is 4.46. The number of unbranched alkanes of at least 4 members (excludes halogenated alkanes) is 1. The Kier molecular flexibility index (Phi) is 4.88. The van der Waals surface area contributed by atoms with Crippen molar-refractivity contribution in [3.63, 3.8) is 0 Å². The summed E-state index contributed by atoms with van der Waals surface area (Å²) in [5, 5.41) is 2.53. The number of carbonyl (C=O) groups is 1. The molecule has 0 aromatic rings. The minimum absolute atomic E-state index is 0.477. The molecule has 0 spiro atoms. The van der Waals surface area contributed by atoms with E-state index < -0.39 is 19.7 Å². The Labute approximate surface area is 89.4 Å². The molecule has 1 amide bonds. The summed E-state index contributed by atoms with van der Waals surface area (Å²) in [6.07, 6.45) is 1.76. The summed E-state index contributed by atoms with van der Waals surface area (Å²) in [4.78, 5) is 11.4. The van der Waals surface area contributed by atoms with E-state index in [4.69, 9.17) is 10.7 Å². The molecule has 0 aliphatic carbocycles. The van der Waals surface area contributed by atoms with Crippen molar-refractivity contribution in [1.29, 1.82) is 0 Å². The first kappa shape index (κ1) is 13.7. The van der Waals surface area contributed by atoms with Gasteiger partial charge in [-0.05, 0) is 20.3 Å². The van der Waals surface area contributed by atoms with E-state index in [9.17, 15) is 13.2 Å². The molecule has 0 unspecified atom stereocenters. The first-order valence-corrected chi connectivity index (χ1v) is 6.77. The zero-order valence-corrected chi connectivity index (χ0v) is 10.2. The zero-order valence-electron chi connectivity index (χ0n) is 8.63. The number of amides is 1. The molecule has 0 fully saturated rings. The number of carbonyl (C=O) groups excluding carboxylic acids is 1. The average molecular weight is 242 g/mol. The predicted octanol–water partition coefficient (Wildman–Crippen LogP) is 1.25. The van der Waals surface area contributed by atoms with Crippen molar-refractivity contribution in [3.05, 3.63) is 0 Å². The van der Waals surface area contributed by atoms with Crippen LogP contribution < -0.4 is 5.32 Å². The highest BCUT2D eigenvalue weighted by Crippen LogP contribution is 2.20.